The minimum Gasteiger partial charge on any atom is -0.379 e. The van der Waals surface area contributed by atoms with Crippen molar-refractivity contribution in [3.05, 3.63) is 35.4 Å². The molecule has 150 valence electrons. The molecular formula is C19H30IN5O2. The summed E-state index contributed by atoms with van der Waals surface area (Å²) in [5.41, 5.74) is 6.88. The molecule has 2 aliphatic heterocycles. The molecule has 3 N–H and O–H groups in total. The highest BCUT2D eigenvalue weighted by Gasteiger charge is 2.30. The summed E-state index contributed by atoms with van der Waals surface area (Å²) in [6.07, 6.45) is 1.16. The highest BCUT2D eigenvalue weighted by atomic mass is 127. The number of primary amides is 1. The summed E-state index contributed by atoms with van der Waals surface area (Å²) >= 11 is 0. The normalized spacial score (nSPS) is 21.0. The lowest BCUT2D eigenvalue weighted by Gasteiger charge is -2.32. The maximum Gasteiger partial charge on any atom is 0.248 e. The summed E-state index contributed by atoms with van der Waals surface area (Å²) < 4.78 is 5.46. The Bertz CT molecular complexity index is 631. The number of aliphatic imine (C=N–C) groups is 1. The Balaban J connectivity index is 0.00000261. The maximum absolute atomic E-state index is 11.2. The van der Waals surface area contributed by atoms with E-state index in [-0.39, 0.29) is 24.0 Å². The third kappa shape index (κ3) is 6.05. The van der Waals surface area contributed by atoms with Crippen LogP contribution in [0.3, 0.4) is 0 Å². The van der Waals surface area contributed by atoms with Gasteiger partial charge in [-0.3, -0.25) is 9.69 Å². The zero-order valence-corrected chi connectivity index (χ0v) is 18.2. The number of carbonyl (C=O) groups is 1. The van der Waals surface area contributed by atoms with Gasteiger partial charge in [-0.25, -0.2) is 4.99 Å². The number of amides is 1. The van der Waals surface area contributed by atoms with Crippen molar-refractivity contribution in [3.63, 3.8) is 0 Å². The molecule has 1 atom stereocenters. The van der Waals surface area contributed by atoms with E-state index in [1.807, 2.05) is 12.1 Å². The second kappa shape index (κ2) is 10.8. The minimum absolute atomic E-state index is 0. The van der Waals surface area contributed by atoms with E-state index in [0.29, 0.717) is 18.2 Å². The molecule has 2 aliphatic rings. The van der Waals surface area contributed by atoms with Gasteiger partial charge in [-0.15, -0.1) is 24.0 Å². The van der Waals surface area contributed by atoms with Gasteiger partial charge < -0.3 is 20.7 Å². The number of hydrogen-bond donors (Lipinski definition) is 2. The highest BCUT2D eigenvalue weighted by molar-refractivity contribution is 14.0. The molecule has 0 saturated carbocycles. The molecule has 1 unspecified atom stereocenters. The molecular weight excluding hydrogens is 457 g/mol. The van der Waals surface area contributed by atoms with Crippen LogP contribution in [0.25, 0.3) is 0 Å². The molecule has 2 fully saturated rings. The molecule has 1 aromatic rings. The minimum atomic E-state index is -0.403. The number of guanidine groups is 1. The van der Waals surface area contributed by atoms with Crippen LogP contribution in [0.4, 0.5) is 0 Å². The predicted octanol–water partition coefficient (Wildman–Crippen LogP) is 1.28. The van der Waals surface area contributed by atoms with Crippen LogP contribution < -0.4 is 11.1 Å². The molecule has 1 aromatic carbocycles. The summed E-state index contributed by atoms with van der Waals surface area (Å²) in [5, 5.41) is 3.41. The van der Waals surface area contributed by atoms with Gasteiger partial charge in [0.05, 0.1) is 19.8 Å². The van der Waals surface area contributed by atoms with Gasteiger partial charge in [-0.1, -0.05) is 12.1 Å². The quantitative estimate of drug-likeness (QED) is 0.372. The maximum atomic E-state index is 11.2. The van der Waals surface area contributed by atoms with Crippen molar-refractivity contribution in [2.24, 2.45) is 10.7 Å². The van der Waals surface area contributed by atoms with Crippen LogP contribution in [0.1, 0.15) is 29.3 Å². The van der Waals surface area contributed by atoms with E-state index in [1.54, 1.807) is 12.1 Å². The average Bonchev–Trinajstić information content (AvgIpc) is 3.16. The van der Waals surface area contributed by atoms with Crippen molar-refractivity contribution in [3.8, 4) is 0 Å². The topological polar surface area (TPSA) is 83.2 Å². The number of benzene rings is 1. The molecule has 1 amide bonds. The first kappa shape index (κ1) is 21.9. The fourth-order valence-electron chi connectivity index (χ4n) is 3.54. The Morgan fingerprint density at radius 2 is 1.96 bits per heavy atom. The summed E-state index contributed by atoms with van der Waals surface area (Å²) in [4.78, 5) is 20.8. The molecule has 7 nitrogen and oxygen atoms in total. The lowest BCUT2D eigenvalue weighted by molar-refractivity contribution is 0.0195. The second-order valence-electron chi connectivity index (χ2n) is 6.77. The van der Waals surface area contributed by atoms with E-state index < -0.39 is 5.91 Å². The second-order valence-corrected chi connectivity index (χ2v) is 6.77. The molecule has 27 heavy (non-hydrogen) atoms. The summed E-state index contributed by atoms with van der Waals surface area (Å²) in [6.45, 7) is 9.28. The number of ether oxygens (including phenoxy) is 1. The van der Waals surface area contributed by atoms with E-state index in [2.05, 4.69) is 22.0 Å². The van der Waals surface area contributed by atoms with Gasteiger partial charge in [-0.05, 0) is 31.0 Å². The van der Waals surface area contributed by atoms with E-state index in [4.69, 9.17) is 15.5 Å². The number of nitrogens with two attached hydrogens (primary N) is 1. The molecule has 0 bridgehead atoms. The summed E-state index contributed by atoms with van der Waals surface area (Å²) in [5.74, 6) is 0.557. The third-order valence-electron chi connectivity index (χ3n) is 5.01. The van der Waals surface area contributed by atoms with Crippen LogP contribution in [0.5, 0.6) is 0 Å². The monoisotopic (exact) mass is 487 g/mol. The molecule has 0 radical (unpaired) electrons. The number of nitrogens with one attached hydrogen (secondary N) is 1. The SMILES string of the molecule is CCNC(=NCc1ccc(C(N)=O)cc1)N1CCC(N2CCOCC2)C1.I. The van der Waals surface area contributed by atoms with Gasteiger partial charge in [-0.2, -0.15) is 0 Å². The smallest absolute Gasteiger partial charge is 0.248 e. The van der Waals surface area contributed by atoms with Crippen molar-refractivity contribution in [2.75, 3.05) is 45.9 Å². The number of nitrogens with zero attached hydrogens (tertiary/aromatic N) is 3. The molecule has 0 aliphatic carbocycles. The number of halogens is 1. The van der Waals surface area contributed by atoms with E-state index in [1.165, 1.54) is 0 Å². The van der Waals surface area contributed by atoms with Crippen molar-refractivity contribution in [1.82, 2.24) is 15.1 Å². The Kier molecular flexibility index (Phi) is 8.78. The van der Waals surface area contributed by atoms with E-state index >= 15 is 0 Å². The van der Waals surface area contributed by atoms with Crippen LogP contribution in [-0.2, 0) is 11.3 Å². The predicted molar refractivity (Wildman–Crippen MR) is 118 cm³/mol. The summed E-state index contributed by atoms with van der Waals surface area (Å²) in [7, 11) is 0. The summed E-state index contributed by atoms with van der Waals surface area (Å²) in [6, 6.07) is 7.91. The fourth-order valence-corrected chi connectivity index (χ4v) is 3.54. The number of morpholine rings is 1. The zero-order valence-electron chi connectivity index (χ0n) is 15.9. The van der Waals surface area contributed by atoms with Crippen molar-refractivity contribution in [1.29, 1.82) is 0 Å². The molecule has 0 aromatic heterocycles. The van der Waals surface area contributed by atoms with Gasteiger partial charge in [0, 0.05) is 44.3 Å². The molecule has 0 spiro atoms. The number of carbonyl (C=O) groups excluding carboxylic acids is 1. The van der Waals surface area contributed by atoms with Gasteiger partial charge >= 0.3 is 0 Å². The fraction of sp³-hybridized carbons (Fsp3) is 0.579. The van der Waals surface area contributed by atoms with Crippen molar-refractivity contribution >= 4 is 35.8 Å². The molecule has 8 heteroatoms. The standard InChI is InChI=1S/C19H29N5O2.HI/c1-2-21-19(22-13-15-3-5-16(6-4-15)18(20)25)24-8-7-17(14-24)23-9-11-26-12-10-23;/h3-6,17H,2,7-14H2,1H3,(H2,20,25)(H,21,22);1H. The van der Waals surface area contributed by atoms with Crippen LogP contribution in [0.2, 0.25) is 0 Å². The van der Waals surface area contributed by atoms with Crippen LogP contribution in [0.15, 0.2) is 29.3 Å². The van der Waals surface area contributed by atoms with E-state index in [0.717, 1.165) is 63.9 Å². The number of rotatable bonds is 5. The van der Waals surface area contributed by atoms with Crippen LogP contribution in [-0.4, -0.2) is 73.6 Å². The van der Waals surface area contributed by atoms with Gasteiger partial charge in [0.25, 0.3) is 0 Å². The zero-order chi connectivity index (χ0) is 18.4. The first-order chi connectivity index (χ1) is 12.7. The first-order valence-electron chi connectivity index (χ1n) is 9.41. The van der Waals surface area contributed by atoms with E-state index in [9.17, 15) is 4.79 Å². The Hall–Kier alpha value is -1.39. The Morgan fingerprint density at radius 1 is 1.26 bits per heavy atom. The largest absolute Gasteiger partial charge is 0.379 e. The van der Waals surface area contributed by atoms with Crippen LogP contribution >= 0.6 is 24.0 Å². The van der Waals surface area contributed by atoms with Crippen LogP contribution in [0, 0.1) is 0 Å². The number of likely N-dealkylation sites (tertiary alicyclic amines) is 1. The molecule has 3 rings (SSSR count). The van der Waals surface area contributed by atoms with Gasteiger partial charge in [0.2, 0.25) is 5.91 Å². The molecule has 2 saturated heterocycles. The Labute approximate surface area is 178 Å². The number of hydrogen-bond acceptors (Lipinski definition) is 4. The van der Waals surface area contributed by atoms with Gasteiger partial charge in [0.1, 0.15) is 0 Å². The van der Waals surface area contributed by atoms with Gasteiger partial charge in [0.15, 0.2) is 5.96 Å². The first-order valence-corrected chi connectivity index (χ1v) is 9.41. The highest BCUT2D eigenvalue weighted by Crippen LogP contribution is 2.17. The van der Waals surface area contributed by atoms with Crippen molar-refractivity contribution in [2.45, 2.75) is 25.9 Å². The average molecular weight is 487 g/mol. The third-order valence-corrected chi connectivity index (χ3v) is 5.01. The Morgan fingerprint density at radius 3 is 2.59 bits per heavy atom. The molecule has 2 heterocycles. The van der Waals surface area contributed by atoms with Crippen molar-refractivity contribution < 1.29 is 9.53 Å². The lowest BCUT2D eigenvalue weighted by Crippen LogP contribution is -2.46. The lowest BCUT2D eigenvalue weighted by atomic mass is 10.1.